The molecule has 1 fully saturated rings. The summed E-state index contributed by atoms with van der Waals surface area (Å²) in [6.45, 7) is 5.26. The Morgan fingerprint density at radius 1 is 1.02 bits per heavy atom. The largest absolute Gasteiger partial charge is 0.507 e. The van der Waals surface area contributed by atoms with E-state index in [1.807, 2.05) is 19.9 Å². The van der Waals surface area contributed by atoms with Crippen LogP contribution in [0, 0.1) is 10.1 Å². The van der Waals surface area contributed by atoms with E-state index in [0.717, 1.165) is 5.57 Å². The molecule has 5 rings (SSSR count). The number of aliphatic hydroxyl groups excluding tert-OH is 3. The van der Waals surface area contributed by atoms with Gasteiger partial charge in [-0.15, -0.1) is 0 Å². The lowest BCUT2D eigenvalue weighted by molar-refractivity contribution is -0.384. The topological polar surface area (TPSA) is 191 Å². The molecular formula is C34H35NO12. The van der Waals surface area contributed by atoms with Gasteiger partial charge in [-0.2, -0.15) is 0 Å². The number of hydrogen-bond acceptors (Lipinski definition) is 12. The minimum atomic E-state index is -1.72. The highest BCUT2D eigenvalue weighted by atomic mass is 16.7. The van der Waals surface area contributed by atoms with Gasteiger partial charge in [0.1, 0.15) is 53.1 Å². The van der Waals surface area contributed by atoms with Crippen molar-refractivity contribution < 1.29 is 48.7 Å². The quantitative estimate of drug-likeness (QED) is 0.108. The van der Waals surface area contributed by atoms with Crippen LogP contribution in [-0.4, -0.2) is 63.2 Å². The summed E-state index contributed by atoms with van der Waals surface area (Å²) in [5.74, 6) is -0.223. The summed E-state index contributed by atoms with van der Waals surface area (Å²) in [5.41, 5.74) is 1.54. The summed E-state index contributed by atoms with van der Waals surface area (Å²) >= 11 is 0. The number of aromatic hydroxyl groups is 1. The molecular weight excluding hydrogens is 614 g/mol. The molecule has 47 heavy (non-hydrogen) atoms. The molecule has 1 saturated heterocycles. The molecule has 0 saturated carbocycles. The van der Waals surface area contributed by atoms with Gasteiger partial charge in [-0.3, -0.25) is 14.9 Å². The van der Waals surface area contributed by atoms with Crippen molar-refractivity contribution in [2.24, 2.45) is 0 Å². The minimum Gasteiger partial charge on any atom is -0.507 e. The van der Waals surface area contributed by atoms with Crippen molar-refractivity contribution in [3.8, 4) is 34.3 Å². The first kappa shape index (κ1) is 33.4. The second-order valence-corrected chi connectivity index (χ2v) is 11.4. The van der Waals surface area contributed by atoms with Crippen LogP contribution in [0.2, 0.25) is 0 Å². The number of aliphatic hydroxyl groups is 3. The number of fused-ring (bicyclic) bond motifs is 1. The maximum atomic E-state index is 14.2. The lowest BCUT2D eigenvalue weighted by atomic mass is 10.00. The third-order valence-corrected chi connectivity index (χ3v) is 7.82. The van der Waals surface area contributed by atoms with E-state index in [0.29, 0.717) is 22.4 Å². The van der Waals surface area contributed by atoms with Crippen LogP contribution in [0.3, 0.4) is 0 Å². The van der Waals surface area contributed by atoms with Gasteiger partial charge in [-0.1, -0.05) is 11.6 Å². The number of hydrogen-bond donors (Lipinski definition) is 4. The summed E-state index contributed by atoms with van der Waals surface area (Å²) < 4.78 is 29.3. The molecule has 4 N–H and O–H groups in total. The predicted octanol–water partition coefficient (Wildman–Crippen LogP) is 4.38. The van der Waals surface area contributed by atoms with Crippen molar-refractivity contribution in [1.29, 1.82) is 0 Å². The van der Waals surface area contributed by atoms with E-state index >= 15 is 0 Å². The summed E-state index contributed by atoms with van der Waals surface area (Å²) in [6.07, 6.45) is -5.14. The number of ether oxygens (including phenoxy) is 4. The molecule has 0 unspecified atom stereocenters. The monoisotopic (exact) mass is 649 g/mol. The fraction of sp³-hybridized carbons (Fsp3) is 0.324. The number of benzene rings is 3. The second-order valence-electron chi connectivity index (χ2n) is 11.4. The Morgan fingerprint density at radius 3 is 2.32 bits per heavy atom. The van der Waals surface area contributed by atoms with Crippen molar-refractivity contribution in [3.05, 3.63) is 97.7 Å². The van der Waals surface area contributed by atoms with Crippen LogP contribution in [-0.2, 0) is 17.8 Å². The SMILES string of the molecule is COc1ccc(-c2oc3c(CC=C(C)C)c(OCc4ccc([N+](=O)[O-])cc4)cc(O)c3c(=O)c2O[C@@H]2O[C@@H](C)[C@H](O)[C@@H](O)[C@H]2O)cc1. The first-order chi connectivity index (χ1) is 22.4. The highest BCUT2D eigenvalue weighted by Gasteiger charge is 2.44. The van der Waals surface area contributed by atoms with Crippen molar-refractivity contribution in [3.63, 3.8) is 0 Å². The zero-order valence-corrected chi connectivity index (χ0v) is 26.1. The highest BCUT2D eigenvalue weighted by Crippen LogP contribution is 2.41. The number of nitro benzene ring substituents is 1. The van der Waals surface area contributed by atoms with Gasteiger partial charge >= 0.3 is 0 Å². The van der Waals surface area contributed by atoms with Crippen LogP contribution in [0.15, 0.2) is 75.5 Å². The molecule has 0 spiro atoms. The number of nitrogens with zero attached hydrogens (tertiary/aromatic N) is 1. The molecule has 0 bridgehead atoms. The van der Waals surface area contributed by atoms with E-state index in [2.05, 4.69) is 0 Å². The molecule has 0 radical (unpaired) electrons. The standard InChI is InChI=1S/C34H35NO12/c1-17(2)5-14-23-25(44-16-19-6-10-21(11-7-19)35(41)42)15-24(36)26-28(38)33(47-34-30(40)29(39)27(37)18(3)45-34)31(46-32(23)26)20-8-12-22(43-4)13-9-20/h5-13,15,18,27,29-30,34,36-37,39-40H,14,16H2,1-4H3/t18-,27-,29+,30+,34-/m0/s1. The lowest BCUT2D eigenvalue weighted by Gasteiger charge is -2.38. The Hall–Kier alpha value is -4.95. The Bertz CT molecular complexity index is 1840. The van der Waals surface area contributed by atoms with Crippen molar-refractivity contribution >= 4 is 16.7 Å². The Labute approximate surface area is 269 Å². The molecule has 0 aliphatic carbocycles. The molecule has 13 heteroatoms. The summed E-state index contributed by atoms with van der Waals surface area (Å²) in [6, 6.07) is 13.6. The summed E-state index contributed by atoms with van der Waals surface area (Å²) in [5, 5.41) is 53.2. The van der Waals surface area contributed by atoms with Crippen LogP contribution < -0.4 is 19.6 Å². The molecule has 0 amide bonds. The molecule has 2 heterocycles. The van der Waals surface area contributed by atoms with Crippen molar-refractivity contribution in [1.82, 2.24) is 0 Å². The number of phenolic OH excluding ortho intramolecular Hbond substituents is 1. The Balaban J connectivity index is 1.68. The van der Waals surface area contributed by atoms with Crippen molar-refractivity contribution in [2.75, 3.05) is 7.11 Å². The van der Waals surface area contributed by atoms with Crippen LogP contribution in [0.4, 0.5) is 5.69 Å². The van der Waals surface area contributed by atoms with Crippen LogP contribution >= 0.6 is 0 Å². The van der Waals surface area contributed by atoms with Gasteiger partial charge in [-0.05, 0) is 69.2 Å². The average Bonchev–Trinajstić information content (AvgIpc) is 3.05. The zero-order chi connectivity index (χ0) is 34.0. The molecule has 5 atom stereocenters. The predicted molar refractivity (Wildman–Crippen MR) is 170 cm³/mol. The molecule has 1 aromatic heterocycles. The number of nitro groups is 1. The minimum absolute atomic E-state index is 0.00913. The zero-order valence-electron chi connectivity index (χ0n) is 26.1. The van der Waals surface area contributed by atoms with E-state index in [-0.39, 0.29) is 41.2 Å². The normalized spacial score (nSPS) is 20.9. The van der Waals surface area contributed by atoms with Gasteiger partial charge in [0.25, 0.3) is 5.69 Å². The molecule has 4 aromatic rings. The van der Waals surface area contributed by atoms with Gasteiger partial charge in [-0.25, -0.2) is 0 Å². The van der Waals surface area contributed by atoms with Crippen LogP contribution in [0.25, 0.3) is 22.3 Å². The maximum Gasteiger partial charge on any atom is 0.269 e. The molecule has 3 aromatic carbocycles. The third kappa shape index (κ3) is 6.93. The summed E-state index contributed by atoms with van der Waals surface area (Å²) in [7, 11) is 1.50. The van der Waals surface area contributed by atoms with Crippen molar-refractivity contribution in [2.45, 2.75) is 64.5 Å². The Kier molecular flexibility index (Phi) is 9.82. The second kappa shape index (κ2) is 13.8. The smallest absolute Gasteiger partial charge is 0.269 e. The van der Waals surface area contributed by atoms with Gasteiger partial charge in [0.05, 0.1) is 18.1 Å². The van der Waals surface area contributed by atoms with Gasteiger partial charge in [0.15, 0.2) is 5.76 Å². The number of rotatable bonds is 10. The van der Waals surface area contributed by atoms with E-state index in [1.54, 1.807) is 36.4 Å². The third-order valence-electron chi connectivity index (χ3n) is 7.82. The van der Waals surface area contributed by atoms with E-state index < -0.39 is 52.6 Å². The fourth-order valence-corrected chi connectivity index (χ4v) is 5.13. The number of phenols is 1. The summed E-state index contributed by atoms with van der Waals surface area (Å²) in [4.78, 5) is 24.8. The van der Waals surface area contributed by atoms with Gasteiger partial charge in [0.2, 0.25) is 17.5 Å². The molecule has 1 aliphatic rings. The average molecular weight is 650 g/mol. The van der Waals surface area contributed by atoms with Crippen LogP contribution in [0.1, 0.15) is 31.9 Å². The van der Waals surface area contributed by atoms with E-state index in [9.17, 15) is 35.3 Å². The highest BCUT2D eigenvalue weighted by molar-refractivity contribution is 5.91. The van der Waals surface area contributed by atoms with Gasteiger partial charge < -0.3 is 43.8 Å². The first-order valence-corrected chi connectivity index (χ1v) is 14.8. The lowest BCUT2D eigenvalue weighted by Crippen LogP contribution is -2.58. The van der Waals surface area contributed by atoms with Crippen LogP contribution in [0.5, 0.6) is 23.0 Å². The fourth-order valence-electron chi connectivity index (χ4n) is 5.13. The Morgan fingerprint density at radius 2 is 1.70 bits per heavy atom. The molecule has 1 aliphatic heterocycles. The molecule has 248 valence electrons. The number of non-ortho nitro benzene ring substituents is 1. The maximum absolute atomic E-state index is 14.2. The number of allylic oxidation sites excluding steroid dienone is 2. The van der Waals surface area contributed by atoms with Gasteiger partial charge in [0, 0.05) is 29.3 Å². The first-order valence-electron chi connectivity index (χ1n) is 14.8. The molecule has 13 nitrogen and oxygen atoms in total. The number of methoxy groups -OCH3 is 1. The van der Waals surface area contributed by atoms with E-state index in [4.69, 9.17) is 23.4 Å². The van der Waals surface area contributed by atoms with E-state index in [1.165, 1.54) is 32.2 Å².